The fraction of sp³-hybridized carbons (Fsp3) is 0.235. The Balaban J connectivity index is 1.66. The Bertz CT molecular complexity index is 781. The summed E-state index contributed by atoms with van der Waals surface area (Å²) in [6.45, 7) is 0.334. The number of sulfonamides is 1. The highest BCUT2D eigenvalue weighted by Gasteiger charge is 2.11. The molecule has 0 unspecified atom stereocenters. The van der Waals surface area contributed by atoms with Crippen molar-refractivity contribution in [1.82, 2.24) is 10.0 Å². The van der Waals surface area contributed by atoms with Crippen LogP contribution < -0.4 is 10.0 Å². The minimum Gasteiger partial charge on any atom is -0.354 e. The fourth-order valence-electron chi connectivity index (χ4n) is 1.92. The second kappa shape index (κ2) is 9.96. The van der Waals surface area contributed by atoms with Crippen LogP contribution in [0.5, 0.6) is 0 Å². The van der Waals surface area contributed by atoms with Gasteiger partial charge in [0.1, 0.15) is 0 Å². The van der Waals surface area contributed by atoms with Crippen LogP contribution in [0.2, 0.25) is 0 Å². The van der Waals surface area contributed by atoms with E-state index in [9.17, 15) is 13.2 Å². The van der Waals surface area contributed by atoms with Crippen molar-refractivity contribution in [2.24, 2.45) is 0 Å². The number of carbonyl (C=O) groups excluding carboxylic acids is 1. The smallest absolute Gasteiger partial charge is 0.230 e. The van der Waals surface area contributed by atoms with Crippen LogP contribution in [-0.2, 0) is 21.4 Å². The minimum absolute atomic E-state index is 0.0872. The lowest BCUT2D eigenvalue weighted by Crippen LogP contribution is -2.34. The summed E-state index contributed by atoms with van der Waals surface area (Å²) in [5.41, 5.74) is 0.890. The lowest BCUT2D eigenvalue weighted by atomic mass is 10.2. The van der Waals surface area contributed by atoms with Gasteiger partial charge in [-0.3, -0.25) is 4.79 Å². The molecule has 2 aromatic rings. The molecule has 0 aliphatic carbocycles. The van der Waals surface area contributed by atoms with E-state index in [1.165, 1.54) is 11.8 Å². The minimum atomic E-state index is -3.42. The summed E-state index contributed by atoms with van der Waals surface area (Å²) in [6, 6.07) is 16.9. The van der Waals surface area contributed by atoms with Crippen molar-refractivity contribution in [3.8, 4) is 0 Å². The highest BCUT2D eigenvalue weighted by atomic mass is 79.9. The first-order valence-corrected chi connectivity index (χ1v) is 11.0. The summed E-state index contributed by atoms with van der Waals surface area (Å²) in [7, 11) is -3.42. The lowest BCUT2D eigenvalue weighted by Gasteiger charge is -2.08. The molecule has 25 heavy (non-hydrogen) atoms. The van der Waals surface area contributed by atoms with E-state index in [0.29, 0.717) is 0 Å². The number of nitrogens with one attached hydrogen (secondary N) is 2. The van der Waals surface area contributed by atoms with Gasteiger partial charge in [-0.2, -0.15) is 0 Å². The first-order chi connectivity index (χ1) is 11.9. The Morgan fingerprint density at radius 2 is 1.72 bits per heavy atom. The first kappa shape index (κ1) is 20.0. The number of halogens is 1. The number of hydrogen-bond donors (Lipinski definition) is 2. The van der Waals surface area contributed by atoms with E-state index in [1.807, 2.05) is 54.6 Å². The van der Waals surface area contributed by atoms with Gasteiger partial charge in [-0.25, -0.2) is 13.1 Å². The lowest BCUT2D eigenvalue weighted by molar-refractivity contribution is -0.118. The molecule has 0 saturated heterocycles. The molecular weight excluding hydrogens is 424 g/mol. The molecule has 0 fully saturated rings. The van der Waals surface area contributed by atoms with Gasteiger partial charge in [-0.15, -0.1) is 11.8 Å². The molecule has 134 valence electrons. The Morgan fingerprint density at radius 3 is 2.40 bits per heavy atom. The van der Waals surface area contributed by atoms with E-state index >= 15 is 0 Å². The van der Waals surface area contributed by atoms with Crippen LogP contribution in [-0.4, -0.2) is 32.4 Å². The number of carbonyl (C=O) groups is 1. The first-order valence-electron chi connectivity index (χ1n) is 7.61. The van der Waals surface area contributed by atoms with Gasteiger partial charge in [-0.05, 0) is 29.8 Å². The van der Waals surface area contributed by atoms with Crippen molar-refractivity contribution in [2.75, 3.05) is 18.1 Å². The summed E-state index contributed by atoms with van der Waals surface area (Å²) < 4.78 is 27.4. The van der Waals surface area contributed by atoms with E-state index in [0.717, 1.165) is 14.9 Å². The van der Waals surface area contributed by atoms with Crippen LogP contribution in [0.4, 0.5) is 0 Å². The normalized spacial score (nSPS) is 11.2. The SMILES string of the molecule is O=C(CSc1ccc(Br)cc1)NCCS(=O)(=O)NCc1ccccc1. The van der Waals surface area contributed by atoms with E-state index in [2.05, 4.69) is 26.0 Å². The maximum atomic E-state index is 11.9. The number of thioether (sulfide) groups is 1. The average molecular weight is 443 g/mol. The number of hydrogen-bond acceptors (Lipinski definition) is 4. The standard InChI is InChI=1S/C17H19BrN2O3S2/c18-15-6-8-16(9-7-15)24-13-17(21)19-10-11-25(22,23)20-12-14-4-2-1-3-5-14/h1-9,20H,10-13H2,(H,19,21). The molecule has 0 atom stereocenters. The zero-order valence-electron chi connectivity index (χ0n) is 13.4. The average Bonchev–Trinajstić information content (AvgIpc) is 2.60. The van der Waals surface area contributed by atoms with Crippen LogP contribution >= 0.6 is 27.7 Å². The van der Waals surface area contributed by atoms with Crippen LogP contribution in [0, 0.1) is 0 Å². The molecule has 0 spiro atoms. The van der Waals surface area contributed by atoms with Crippen molar-refractivity contribution < 1.29 is 13.2 Å². The van der Waals surface area contributed by atoms with E-state index in [1.54, 1.807) is 0 Å². The van der Waals surface area contributed by atoms with Crippen LogP contribution in [0.25, 0.3) is 0 Å². The van der Waals surface area contributed by atoms with Crippen molar-refractivity contribution in [3.05, 3.63) is 64.6 Å². The summed E-state index contributed by atoms with van der Waals surface area (Å²) in [6.07, 6.45) is 0. The van der Waals surface area contributed by atoms with Gasteiger partial charge in [0, 0.05) is 22.5 Å². The molecule has 2 rings (SSSR count). The van der Waals surface area contributed by atoms with E-state index < -0.39 is 10.0 Å². The van der Waals surface area contributed by atoms with Crippen LogP contribution in [0.3, 0.4) is 0 Å². The van der Waals surface area contributed by atoms with Gasteiger partial charge in [0.15, 0.2) is 0 Å². The second-order valence-electron chi connectivity index (χ2n) is 5.22. The third kappa shape index (κ3) is 8.04. The Kier molecular flexibility index (Phi) is 7.95. The molecule has 0 aromatic heterocycles. The number of benzene rings is 2. The van der Waals surface area contributed by atoms with Crippen molar-refractivity contribution in [1.29, 1.82) is 0 Å². The molecule has 0 heterocycles. The summed E-state index contributed by atoms with van der Waals surface area (Å²) >= 11 is 4.76. The highest BCUT2D eigenvalue weighted by molar-refractivity contribution is 9.10. The van der Waals surface area contributed by atoms with Crippen LogP contribution in [0.15, 0.2) is 64.0 Å². The maximum Gasteiger partial charge on any atom is 0.230 e. The van der Waals surface area contributed by atoms with Crippen LogP contribution in [0.1, 0.15) is 5.56 Å². The van der Waals surface area contributed by atoms with E-state index in [-0.39, 0.29) is 30.5 Å². The topological polar surface area (TPSA) is 75.3 Å². The largest absolute Gasteiger partial charge is 0.354 e. The molecule has 2 N–H and O–H groups in total. The molecule has 8 heteroatoms. The quantitative estimate of drug-likeness (QED) is 0.585. The molecule has 0 saturated carbocycles. The molecule has 0 aliphatic rings. The van der Waals surface area contributed by atoms with Gasteiger partial charge in [0.2, 0.25) is 15.9 Å². The molecule has 0 bridgehead atoms. The summed E-state index contributed by atoms with van der Waals surface area (Å²) in [5.74, 6) is -0.0839. The molecule has 5 nitrogen and oxygen atoms in total. The number of amides is 1. The van der Waals surface area contributed by atoms with Crippen molar-refractivity contribution in [2.45, 2.75) is 11.4 Å². The van der Waals surface area contributed by atoms with Gasteiger partial charge >= 0.3 is 0 Å². The second-order valence-corrected chi connectivity index (χ2v) is 9.11. The molecule has 1 amide bonds. The third-order valence-electron chi connectivity index (χ3n) is 3.22. The molecule has 0 aliphatic heterocycles. The monoisotopic (exact) mass is 442 g/mol. The van der Waals surface area contributed by atoms with Crippen molar-refractivity contribution >= 4 is 43.6 Å². The Hall–Kier alpha value is -1.35. The Morgan fingerprint density at radius 1 is 1.04 bits per heavy atom. The van der Waals surface area contributed by atoms with Gasteiger partial charge in [0.05, 0.1) is 11.5 Å². The van der Waals surface area contributed by atoms with Gasteiger partial charge < -0.3 is 5.32 Å². The molecular formula is C17H19BrN2O3S2. The fourth-order valence-corrected chi connectivity index (χ4v) is 3.81. The molecule has 2 aromatic carbocycles. The molecule has 0 radical (unpaired) electrons. The number of rotatable bonds is 9. The maximum absolute atomic E-state index is 11.9. The predicted molar refractivity (Wildman–Crippen MR) is 105 cm³/mol. The zero-order valence-corrected chi connectivity index (χ0v) is 16.7. The predicted octanol–water partition coefficient (Wildman–Crippen LogP) is 2.78. The van der Waals surface area contributed by atoms with Gasteiger partial charge in [-0.1, -0.05) is 46.3 Å². The summed E-state index contributed by atoms with van der Waals surface area (Å²) in [5, 5.41) is 2.63. The summed E-state index contributed by atoms with van der Waals surface area (Å²) in [4.78, 5) is 12.8. The zero-order chi connectivity index (χ0) is 18.1. The highest BCUT2D eigenvalue weighted by Crippen LogP contribution is 2.20. The Labute approximate surface area is 160 Å². The van der Waals surface area contributed by atoms with Crippen molar-refractivity contribution in [3.63, 3.8) is 0 Å². The van der Waals surface area contributed by atoms with Gasteiger partial charge in [0.25, 0.3) is 0 Å². The van der Waals surface area contributed by atoms with E-state index in [4.69, 9.17) is 0 Å². The third-order valence-corrected chi connectivity index (χ3v) is 6.08.